The van der Waals surface area contributed by atoms with Gasteiger partial charge in [0.1, 0.15) is 29.4 Å². The molecule has 0 saturated carbocycles. The van der Waals surface area contributed by atoms with Crippen molar-refractivity contribution in [1.29, 1.82) is 0 Å². The molecule has 0 saturated heterocycles. The summed E-state index contributed by atoms with van der Waals surface area (Å²) in [4.78, 5) is 20.1. The van der Waals surface area contributed by atoms with Crippen molar-refractivity contribution in [2.75, 3.05) is 0 Å². The SMILES string of the molecule is CC(C)(C)OC(=O)N[C@H](c1ccnc(Br)n1)[C@H](O)c1cc(F)ccc1F. The molecule has 1 aromatic heterocycles. The lowest BCUT2D eigenvalue weighted by atomic mass is 9.99. The quantitative estimate of drug-likeness (QED) is 0.721. The maximum atomic E-state index is 14.1. The van der Waals surface area contributed by atoms with E-state index < -0.39 is 35.5 Å². The van der Waals surface area contributed by atoms with Gasteiger partial charge < -0.3 is 15.2 Å². The first kappa shape index (κ1) is 20.2. The monoisotopic (exact) mass is 429 g/mol. The Labute approximate surface area is 157 Å². The smallest absolute Gasteiger partial charge is 0.408 e. The lowest BCUT2D eigenvalue weighted by molar-refractivity contribution is 0.0411. The second kappa shape index (κ2) is 8.05. The lowest BCUT2D eigenvalue weighted by Crippen LogP contribution is -2.38. The molecular weight excluding hydrogens is 412 g/mol. The minimum absolute atomic E-state index is 0.189. The fraction of sp³-hybridized carbons (Fsp3) is 0.353. The van der Waals surface area contributed by atoms with E-state index in [0.29, 0.717) is 0 Å². The van der Waals surface area contributed by atoms with E-state index in [2.05, 4.69) is 31.2 Å². The van der Waals surface area contributed by atoms with E-state index in [1.54, 1.807) is 20.8 Å². The molecule has 2 N–H and O–H groups in total. The van der Waals surface area contributed by atoms with Crippen LogP contribution in [0.1, 0.15) is 44.2 Å². The predicted octanol–water partition coefficient (Wildman–Crippen LogP) is 3.82. The van der Waals surface area contributed by atoms with Crippen LogP contribution in [-0.4, -0.2) is 26.8 Å². The highest BCUT2D eigenvalue weighted by atomic mass is 79.9. The van der Waals surface area contributed by atoms with Crippen LogP contribution in [0.4, 0.5) is 13.6 Å². The molecule has 2 rings (SSSR count). The predicted molar refractivity (Wildman–Crippen MR) is 93.2 cm³/mol. The van der Waals surface area contributed by atoms with E-state index in [-0.39, 0.29) is 16.0 Å². The first-order valence-corrected chi connectivity index (χ1v) is 8.47. The summed E-state index contributed by atoms with van der Waals surface area (Å²) < 4.78 is 33.0. The van der Waals surface area contributed by atoms with Gasteiger partial charge in [0.15, 0.2) is 4.73 Å². The van der Waals surface area contributed by atoms with Crippen molar-refractivity contribution in [3.8, 4) is 0 Å². The summed E-state index contributed by atoms with van der Waals surface area (Å²) in [5.74, 6) is -1.54. The Bertz CT molecular complexity index is 799. The van der Waals surface area contributed by atoms with Crippen molar-refractivity contribution >= 4 is 22.0 Å². The zero-order chi connectivity index (χ0) is 19.5. The Hall–Kier alpha value is -2.13. The molecule has 0 fully saturated rings. The zero-order valence-electron chi connectivity index (χ0n) is 14.3. The topological polar surface area (TPSA) is 84.3 Å². The summed E-state index contributed by atoms with van der Waals surface area (Å²) in [7, 11) is 0. The maximum absolute atomic E-state index is 14.1. The van der Waals surface area contributed by atoms with E-state index in [9.17, 15) is 18.7 Å². The van der Waals surface area contributed by atoms with E-state index in [4.69, 9.17) is 4.74 Å². The number of rotatable bonds is 4. The van der Waals surface area contributed by atoms with Crippen LogP contribution >= 0.6 is 15.9 Å². The molecule has 2 aromatic rings. The van der Waals surface area contributed by atoms with Gasteiger partial charge in [0, 0.05) is 11.8 Å². The Morgan fingerprint density at radius 2 is 2.00 bits per heavy atom. The van der Waals surface area contributed by atoms with Crippen LogP contribution in [0.15, 0.2) is 35.2 Å². The molecule has 0 unspecified atom stereocenters. The lowest BCUT2D eigenvalue weighted by Gasteiger charge is -2.26. The van der Waals surface area contributed by atoms with E-state index in [1.165, 1.54) is 12.3 Å². The molecule has 0 radical (unpaired) electrons. The largest absolute Gasteiger partial charge is 0.444 e. The number of nitrogens with zero attached hydrogens (tertiary/aromatic N) is 2. The Kier molecular flexibility index (Phi) is 6.25. The Morgan fingerprint density at radius 1 is 1.31 bits per heavy atom. The minimum atomic E-state index is -1.61. The Morgan fingerprint density at radius 3 is 2.62 bits per heavy atom. The molecule has 2 atom stereocenters. The van der Waals surface area contributed by atoms with Crippen molar-refractivity contribution < 1.29 is 23.4 Å². The summed E-state index contributed by atoms with van der Waals surface area (Å²) in [6.07, 6.45) is -1.06. The fourth-order valence-corrected chi connectivity index (χ4v) is 2.51. The number of alkyl carbamates (subject to hydrolysis) is 1. The van der Waals surface area contributed by atoms with Gasteiger partial charge >= 0.3 is 6.09 Å². The number of carbonyl (C=O) groups is 1. The van der Waals surface area contributed by atoms with Gasteiger partial charge in [0.05, 0.1) is 5.69 Å². The zero-order valence-corrected chi connectivity index (χ0v) is 15.9. The molecule has 140 valence electrons. The highest BCUT2D eigenvalue weighted by Crippen LogP contribution is 2.30. The van der Waals surface area contributed by atoms with Crippen LogP contribution < -0.4 is 5.32 Å². The molecule has 1 heterocycles. The maximum Gasteiger partial charge on any atom is 0.408 e. The molecule has 0 aliphatic carbocycles. The molecule has 0 bridgehead atoms. The number of hydrogen-bond donors (Lipinski definition) is 2. The molecule has 1 aromatic carbocycles. The number of halogens is 3. The van der Waals surface area contributed by atoms with Crippen LogP contribution in [0.2, 0.25) is 0 Å². The molecule has 26 heavy (non-hydrogen) atoms. The van der Waals surface area contributed by atoms with Gasteiger partial charge in [-0.2, -0.15) is 0 Å². The van der Waals surface area contributed by atoms with Crippen LogP contribution in [0.3, 0.4) is 0 Å². The number of aliphatic hydroxyl groups is 1. The molecular formula is C17H18BrF2N3O3. The summed E-state index contributed by atoms with van der Waals surface area (Å²) in [6, 6.07) is 2.94. The molecule has 0 spiro atoms. The molecule has 6 nitrogen and oxygen atoms in total. The van der Waals surface area contributed by atoms with Crippen molar-refractivity contribution in [1.82, 2.24) is 15.3 Å². The highest BCUT2D eigenvalue weighted by molar-refractivity contribution is 9.10. The van der Waals surface area contributed by atoms with E-state index >= 15 is 0 Å². The average molecular weight is 430 g/mol. The Balaban J connectivity index is 2.39. The first-order chi connectivity index (χ1) is 12.1. The fourth-order valence-electron chi connectivity index (χ4n) is 2.19. The molecule has 0 aliphatic heterocycles. The second-order valence-corrected chi connectivity index (χ2v) is 7.19. The van der Waals surface area contributed by atoms with Gasteiger partial charge in [-0.1, -0.05) is 0 Å². The average Bonchev–Trinajstić information content (AvgIpc) is 2.52. The third kappa shape index (κ3) is 5.43. The summed E-state index contributed by atoms with van der Waals surface area (Å²) in [6.45, 7) is 5.02. The minimum Gasteiger partial charge on any atom is -0.444 e. The number of carbonyl (C=O) groups excluding carboxylic acids is 1. The van der Waals surface area contributed by atoms with Crippen LogP contribution in [0, 0.1) is 11.6 Å². The number of ether oxygens (including phenoxy) is 1. The normalized spacial score (nSPS) is 13.8. The van der Waals surface area contributed by atoms with Gasteiger partial charge in [-0.15, -0.1) is 0 Å². The summed E-state index contributed by atoms with van der Waals surface area (Å²) in [5, 5.41) is 13.1. The number of aliphatic hydroxyl groups excluding tert-OH is 1. The highest BCUT2D eigenvalue weighted by Gasteiger charge is 2.30. The first-order valence-electron chi connectivity index (χ1n) is 7.68. The van der Waals surface area contributed by atoms with Crippen molar-refractivity contribution in [2.24, 2.45) is 0 Å². The van der Waals surface area contributed by atoms with E-state index in [0.717, 1.165) is 18.2 Å². The summed E-state index contributed by atoms with van der Waals surface area (Å²) >= 11 is 3.10. The number of hydrogen-bond acceptors (Lipinski definition) is 5. The third-order valence-electron chi connectivity index (χ3n) is 3.23. The van der Waals surface area contributed by atoms with E-state index in [1.807, 2.05) is 0 Å². The van der Waals surface area contributed by atoms with Crippen LogP contribution in [-0.2, 0) is 4.74 Å². The number of amides is 1. The van der Waals surface area contributed by atoms with Gasteiger partial charge in [-0.3, -0.25) is 0 Å². The standard InChI is InChI=1S/C17H18BrF2N3O3/c1-17(2,3)26-16(25)23-13(12-6-7-21-15(18)22-12)14(24)10-8-9(19)4-5-11(10)20/h4-8,13-14,24H,1-3H3,(H,23,25)/t13-,14-/m1/s1. The number of nitrogens with one attached hydrogen (secondary N) is 1. The molecule has 9 heteroatoms. The third-order valence-corrected chi connectivity index (χ3v) is 3.61. The van der Waals surface area contributed by atoms with Crippen molar-refractivity contribution in [2.45, 2.75) is 38.5 Å². The van der Waals surface area contributed by atoms with Crippen molar-refractivity contribution in [3.63, 3.8) is 0 Å². The molecule has 1 amide bonds. The van der Waals surface area contributed by atoms with Gasteiger partial charge in [-0.25, -0.2) is 23.5 Å². The number of benzene rings is 1. The van der Waals surface area contributed by atoms with Crippen LogP contribution in [0.5, 0.6) is 0 Å². The number of aromatic nitrogens is 2. The van der Waals surface area contributed by atoms with Gasteiger partial charge in [0.2, 0.25) is 0 Å². The second-order valence-electron chi connectivity index (χ2n) is 6.49. The van der Waals surface area contributed by atoms with Gasteiger partial charge in [0.25, 0.3) is 0 Å². The van der Waals surface area contributed by atoms with Crippen LogP contribution in [0.25, 0.3) is 0 Å². The van der Waals surface area contributed by atoms with Crippen molar-refractivity contribution in [3.05, 3.63) is 58.1 Å². The molecule has 0 aliphatic rings. The van der Waals surface area contributed by atoms with Gasteiger partial charge in [-0.05, 0) is 61.0 Å². The summed E-state index contributed by atoms with van der Waals surface area (Å²) in [5.41, 5.74) is -0.912.